The first-order valence-corrected chi connectivity index (χ1v) is 10.1. The Morgan fingerprint density at radius 2 is 1.97 bits per heavy atom. The van der Waals surface area contributed by atoms with Gasteiger partial charge in [0.25, 0.3) is 0 Å². The maximum absolute atomic E-state index is 5.75. The van der Waals surface area contributed by atoms with Crippen LogP contribution >= 0.6 is 23.7 Å². The highest BCUT2D eigenvalue weighted by Crippen LogP contribution is 2.34. The number of ether oxygens (including phenoxy) is 2. The van der Waals surface area contributed by atoms with Crippen LogP contribution in [-0.4, -0.2) is 26.5 Å². The van der Waals surface area contributed by atoms with Crippen LogP contribution in [0.2, 0.25) is 0 Å². The second-order valence-corrected chi connectivity index (χ2v) is 7.66. The number of hydrogen-bond acceptors (Lipinski definition) is 7. The Morgan fingerprint density at radius 1 is 1.13 bits per heavy atom. The van der Waals surface area contributed by atoms with E-state index in [2.05, 4.69) is 17.2 Å². The van der Waals surface area contributed by atoms with E-state index in [1.807, 2.05) is 59.3 Å². The fraction of sp³-hybridized carbons (Fsp3) is 0.190. The van der Waals surface area contributed by atoms with Crippen molar-refractivity contribution in [3.8, 4) is 10.7 Å². The van der Waals surface area contributed by atoms with E-state index in [1.165, 1.54) is 0 Å². The molecule has 154 valence electrons. The predicted octanol–water partition coefficient (Wildman–Crippen LogP) is 4.63. The van der Waals surface area contributed by atoms with Crippen LogP contribution in [-0.2, 0) is 23.1 Å². The summed E-state index contributed by atoms with van der Waals surface area (Å²) in [6.45, 7) is 2.74. The zero-order valence-corrected chi connectivity index (χ0v) is 18.1. The van der Waals surface area contributed by atoms with Crippen molar-refractivity contribution in [2.45, 2.75) is 13.5 Å². The minimum Gasteiger partial charge on any atom is -0.459 e. The summed E-state index contributed by atoms with van der Waals surface area (Å²) in [5, 5.41) is 6.61. The molecule has 5 rings (SSSR count). The summed E-state index contributed by atoms with van der Waals surface area (Å²) in [5.74, 6) is 2.03. The van der Waals surface area contributed by atoms with Crippen molar-refractivity contribution < 1.29 is 9.47 Å². The lowest BCUT2D eigenvalue weighted by Crippen LogP contribution is -2.24. The maximum atomic E-state index is 5.75. The van der Waals surface area contributed by atoms with Gasteiger partial charge < -0.3 is 9.47 Å². The molecule has 1 aliphatic heterocycles. The smallest absolute Gasteiger partial charge is 0.234 e. The van der Waals surface area contributed by atoms with E-state index in [0.29, 0.717) is 18.3 Å². The summed E-state index contributed by atoms with van der Waals surface area (Å²) in [6, 6.07) is 14.2. The molecular weight excluding hydrogens is 422 g/mol. The third-order valence-electron chi connectivity index (χ3n) is 4.74. The number of hydrogen-bond donors (Lipinski definition) is 0. The van der Waals surface area contributed by atoms with Crippen LogP contribution in [0, 0.1) is 6.92 Å². The standard InChI is InChI=1S/C21H19N5O2S.ClH/c1-14-18-19(25(2)24-14)21(23-20(22-18)16-9-6-10-29-16)26(17-12-27-13-28-17)11-15-7-4-3-5-8-15;/h3-10,12H,11,13H2,1-2H3;1H. The second kappa shape index (κ2) is 8.33. The molecule has 0 unspecified atom stereocenters. The first kappa shape index (κ1) is 20.2. The van der Waals surface area contributed by atoms with Gasteiger partial charge in [0.1, 0.15) is 17.3 Å². The molecule has 1 aromatic carbocycles. The molecule has 0 fully saturated rings. The van der Waals surface area contributed by atoms with E-state index < -0.39 is 0 Å². The minimum absolute atomic E-state index is 0. The molecule has 0 bridgehead atoms. The van der Waals surface area contributed by atoms with Crippen LogP contribution in [0.4, 0.5) is 5.82 Å². The van der Waals surface area contributed by atoms with Crippen molar-refractivity contribution in [1.82, 2.24) is 19.7 Å². The number of rotatable bonds is 5. The highest BCUT2D eigenvalue weighted by atomic mass is 35.5. The minimum atomic E-state index is 0. The first-order valence-electron chi connectivity index (χ1n) is 9.22. The summed E-state index contributed by atoms with van der Waals surface area (Å²) in [7, 11) is 1.91. The largest absolute Gasteiger partial charge is 0.459 e. The number of fused-ring (bicyclic) bond motifs is 1. The summed E-state index contributed by atoms with van der Waals surface area (Å²) < 4.78 is 12.9. The van der Waals surface area contributed by atoms with Crippen molar-refractivity contribution >= 4 is 40.6 Å². The molecule has 0 amide bonds. The fourth-order valence-corrected chi connectivity index (χ4v) is 4.08. The number of halogens is 1. The molecule has 7 nitrogen and oxygen atoms in total. The topological polar surface area (TPSA) is 65.3 Å². The molecule has 0 saturated heterocycles. The molecular formula is C21H20ClN5O2S. The Morgan fingerprint density at radius 3 is 2.67 bits per heavy atom. The van der Waals surface area contributed by atoms with Crippen molar-refractivity contribution in [2.75, 3.05) is 11.7 Å². The lowest BCUT2D eigenvalue weighted by atomic mass is 10.2. The maximum Gasteiger partial charge on any atom is 0.234 e. The van der Waals surface area contributed by atoms with E-state index >= 15 is 0 Å². The first-order chi connectivity index (χ1) is 14.2. The normalized spacial score (nSPS) is 12.8. The lowest BCUT2D eigenvalue weighted by Gasteiger charge is -2.24. The number of nitrogens with zero attached hydrogens (tertiary/aromatic N) is 5. The SMILES string of the molecule is Cc1nn(C)c2c(N(Cc3ccccc3)C3=COCO3)nc(-c3cccs3)nc12.Cl. The van der Waals surface area contributed by atoms with Gasteiger partial charge in [-0.05, 0) is 23.9 Å². The Labute approximate surface area is 184 Å². The molecule has 0 saturated carbocycles. The van der Waals surface area contributed by atoms with E-state index in [4.69, 9.17) is 19.4 Å². The lowest BCUT2D eigenvalue weighted by molar-refractivity contribution is 0.0782. The Kier molecular flexibility index (Phi) is 5.61. The van der Waals surface area contributed by atoms with Crippen LogP contribution in [0.5, 0.6) is 0 Å². The summed E-state index contributed by atoms with van der Waals surface area (Å²) in [4.78, 5) is 12.8. The molecule has 0 radical (unpaired) electrons. The number of anilines is 1. The van der Waals surface area contributed by atoms with E-state index in [9.17, 15) is 0 Å². The second-order valence-electron chi connectivity index (χ2n) is 6.71. The average molecular weight is 442 g/mol. The van der Waals surface area contributed by atoms with Gasteiger partial charge in [0.15, 0.2) is 11.6 Å². The van der Waals surface area contributed by atoms with Gasteiger partial charge in [-0.2, -0.15) is 5.10 Å². The van der Waals surface area contributed by atoms with Gasteiger partial charge in [-0.1, -0.05) is 36.4 Å². The highest BCUT2D eigenvalue weighted by Gasteiger charge is 2.26. The summed E-state index contributed by atoms with van der Waals surface area (Å²) in [5.41, 5.74) is 3.68. The highest BCUT2D eigenvalue weighted by molar-refractivity contribution is 7.13. The molecule has 0 N–H and O–H groups in total. The molecule has 30 heavy (non-hydrogen) atoms. The van der Waals surface area contributed by atoms with Crippen LogP contribution in [0.25, 0.3) is 21.7 Å². The molecule has 0 aliphatic carbocycles. The van der Waals surface area contributed by atoms with Gasteiger partial charge in [-0.15, -0.1) is 23.7 Å². The number of thiophene rings is 1. The quantitative estimate of drug-likeness (QED) is 0.450. The van der Waals surface area contributed by atoms with Gasteiger partial charge in [0.05, 0.1) is 17.1 Å². The third kappa shape index (κ3) is 3.59. The number of aryl methyl sites for hydroxylation is 2. The predicted molar refractivity (Wildman–Crippen MR) is 119 cm³/mol. The summed E-state index contributed by atoms with van der Waals surface area (Å²) >= 11 is 1.61. The van der Waals surface area contributed by atoms with Crippen LogP contribution in [0.3, 0.4) is 0 Å². The molecule has 4 aromatic rings. The Balaban J connectivity index is 0.00000218. The van der Waals surface area contributed by atoms with Gasteiger partial charge >= 0.3 is 0 Å². The third-order valence-corrected chi connectivity index (χ3v) is 5.60. The van der Waals surface area contributed by atoms with E-state index in [1.54, 1.807) is 17.6 Å². The number of benzene rings is 1. The average Bonchev–Trinajstić information content (AvgIpc) is 3.49. The molecule has 3 aromatic heterocycles. The molecule has 1 aliphatic rings. The van der Waals surface area contributed by atoms with Gasteiger partial charge in [-0.3, -0.25) is 9.58 Å². The molecule has 4 heterocycles. The van der Waals surface area contributed by atoms with Gasteiger partial charge in [0.2, 0.25) is 12.7 Å². The molecule has 9 heteroatoms. The zero-order valence-electron chi connectivity index (χ0n) is 16.5. The monoisotopic (exact) mass is 441 g/mol. The van der Waals surface area contributed by atoms with Crippen molar-refractivity contribution in [1.29, 1.82) is 0 Å². The van der Waals surface area contributed by atoms with Crippen LogP contribution in [0.1, 0.15) is 11.3 Å². The van der Waals surface area contributed by atoms with Crippen molar-refractivity contribution in [2.24, 2.45) is 7.05 Å². The number of aromatic nitrogens is 4. The van der Waals surface area contributed by atoms with Crippen LogP contribution in [0.15, 0.2) is 60.0 Å². The van der Waals surface area contributed by atoms with Gasteiger partial charge in [0, 0.05) is 7.05 Å². The van der Waals surface area contributed by atoms with Crippen molar-refractivity contribution in [3.05, 3.63) is 71.2 Å². The molecule has 0 spiro atoms. The van der Waals surface area contributed by atoms with E-state index in [0.717, 1.165) is 33.0 Å². The van der Waals surface area contributed by atoms with Crippen molar-refractivity contribution in [3.63, 3.8) is 0 Å². The fourth-order valence-electron chi connectivity index (χ4n) is 3.42. The summed E-state index contributed by atoms with van der Waals surface area (Å²) in [6.07, 6.45) is 1.63. The Hall–Kier alpha value is -3.10. The van der Waals surface area contributed by atoms with Crippen LogP contribution < -0.4 is 4.90 Å². The van der Waals surface area contributed by atoms with E-state index in [-0.39, 0.29) is 19.2 Å². The van der Waals surface area contributed by atoms with Gasteiger partial charge in [-0.25, -0.2) is 9.97 Å². The zero-order chi connectivity index (χ0) is 19.8. The Bertz CT molecular complexity index is 1190. The molecule has 0 atom stereocenters.